The minimum absolute atomic E-state index is 0.0265. The van der Waals surface area contributed by atoms with E-state index in [-0.39, 0.29) is 30.6 Å². The average molecular weight is 316 g/mol. The van der Waals surface area contributed by atoms with Gasteiger partial charge in [-0.05, 0) is 39.9 Å². The molecular formula is C15H28N2O3S. The van der Waals surface area contributed by atoms with Crippen molar-refractivity contribution in [2.75, 3.05) is 12.8 Å². The van der Waals surface area contributed by atoms with Gasteiger partial charge in [-0.1, -0.05) is 12.8 Å². The van der Waals surface area contributed by atoms with E-state index < -0.39 is 5.97 Å². The highest BCUT2D eigenvalue weighted by Crippen LogP contribution is 2.27. The van der Waals surface area contributed by atoms with E-state index >= 15 is 0 Å². The number of thioether (sulfide) groups is 1. The van der Waals surface area contributed by atoms with Crippen LogP contribution in [-0.2, 0) is 4.79 Å². The number of aliphatic carboxylic acids is 1. The molecule has 0 radical (unpaired) electrons. The molecule has 2 amide bonds. The van der Waals surface area contributed by atoms with Gasteiger partial charge in [0.25, 0.3) is 0 Å². The number of hydrogen-bond donors (Lipinski definition) is 2. The lowest BCUT2D eigenvalue weighted by Crippen LogP contribution is -2.55. The van der Waals surface area contributed by atoms with Crippen LogP contribution in [-0.4, -0.2) is 51.6 Å². The number of carbonyl (C=O) groups is 2. The number of carbonyl (C=O) groups excluding carboxylic acids is 1. The first kappa shape index (κ1) is 18.1. The Balaban J connectivity index is 2.68. The van der Waals surface area contributed by atoms with Gasteiger partial charge in [0.05, 0.1) is 6.42 Å². The van der Waals surface area contributed by atoms with Gasteiger partial charge in [0, 0.05) is 23.4 Å². The van der Waals surface area contributed by atoms with Gasteiger partial charge < -0.3 is 15.3 Å². The highest BCUT2D eigenvalue weighted by Gasteiger charge is 2.31. The maximum absolute atomic E-state index is 12.5. The third kappa shape index (κ3) is 5.77. The molecule has 0 heterocycles. The summed E-state index contributed by atoms with van der Waals surface area (Å²) in [4.78, 5) is 25.0. The van der Waals surface area contributed by atoms with Crippen molar-refractivity contribution in [1.29, 1.82) is 0 Å². The summed E-state index contributed by atoms with van der Waals surface area (Å²) in [5.41, 5.74) is -0.386. The van der Waals surface area contributed by atoms with Crippen molar-refractivity contribution < 1.29 is 14.7 Å². The van der Waals surface area contributed by atoms with Crippen LogP contribution in [0.4, 0.5) is 4.79 Å². The summed E-state index contributed by atoms with van der Waals surface area (Å²) in [6.45, 7) is 6.03. The van der Waals surface area contributed by atoms with Crippen molar-refractivity contribution in [2.24, 2.45) is 0 Å². The third-order valence-electron chi connectivity index (χ3n) is 3.92. The fraction of sp³-hybridized carbons (Fsp3) is 0.867. The summed E-state index contributed by atoms with van der Waals surface area (Å²) in [6, 6.07) is 0.0469. The Morgan fingerprint density at radius 2 is 1.90 bits per heavy atom. The van der Waals surface area contributed by atoms with Crippen molar-refractivity contribution in [2.45, 2.75) is 69.7 Å². The lowest BCUT2D eigenvalue weighted by atomic mass is 9.95. The molecule has 1 saturated carbocycles. The lowest BCUT2D eigenvalue weighted by molar-refractivity contribution is -0.137. The van der Waals surface area contributed by atoms with Crippen molar-refractivity contribution in [3.05, 3.63) is 0 Å². The summed E-state index contributed by atoms with van der Waals surface area (Å²) in [6.07, 6.45) is 6.57. The smallest absolute Gasteiger partial charge is 0.318 e. The molecule has 6 heteroatoms. The summed E-state index contributed by atoms with van der Waals surface area (Å²) >= 11 is 1.81. The molecule has 0 spiro atoms. The lowest BCUT2D eigenvalue weighted by Gasteiger charge is -2.38. The van der Waals surface area contributed by atoms with Crippen LogP contribution in [0.25, 0.3) is 0 Å². The zero-order valence-electron chi connectivity index (χ0n) is 13.5. The molecule has 0 aromatic heterocycles. The van der Waals surface area contributed by atoms with Crippen molar-refractivity contribution in [3.63, 3.8) is 0 Å². The number of nitrogens with one attached hydrogen (secondary N) is 1. The minimum atomic E-state index is -0.878. The van der Waals surface area contributed by atoms with E-state index in [1.165, 1.54) is 6.42 Å². The number of urea groups is 1. The molecule has 0 aromatic rings. The predicted octanol–water partition coefficient (Wildman–Crippen LogP) is 2.95. The van der Waals surface area contributed by atoms with Crippen LogP contribution in [0, 0.1) is 0 Å². The number of nitrogens with zero attached hydrogens (tertiary/aromatic N) is 1. The van der Waals surface area contributed by atoms with Gasteiger partial charge in [0.1, 0.15) is 0 Å². The van der Waals surface area contributed by atoms with Crippen molar-refractivity contribution >= 4 is 23.8 Å². The Hall–Kier alpha value is -0.910. The molecule has 5 nitrogen and oxygen atoms in total. The van der Waals surface area contributed by atoms with Gasteiger partial charge in [-0.15, -0.1) is 0 Å². The quantitative estimate of drug-likeness (QED) is 0.818. The van der Waals surface area contributed by atoms with Crippen LogP contribution in [0.5, 0.6) is 0 Å². The van der Waals surface area contributed by atoms with Crippen molar-refractivity contribution in [3.8, 4) is 0 Å². The normalized spacial score (nSPS) is 22.7. The number of carboxylic acids is 1. The number of hydrogen-bond acceptors (Lipinski definition) is 3. The molecule has 0 aromatic carbocycles. The highest BCUT2D eigenvalue weighted by atomic mass is 32.2. The van der Waals surface area contributed by atoms with E-state index in [0.717, 1.165) is 19.3 Å². The van der Waals surface area contributed by atoms with E-state index in [1.807, 2.05) is 20.8 Å². The fourth-order valence-electron chi connectivity index (χ4n) is 2.73. The van der Waals surface area contributed by atoms with E-state index in [9.17, 15) is 9.59 Å². The largest absolute Gasteiger partial charge is 0.481 e. The van der Waals surface area contributed by atoms with Gasteiger partial charge >= 0.3 is 12.0 Å². The molecule has 1 rings (SSSR count). The average Bonchev–Trinajstić information content (AvgIpc) is 2.37. The first-order valence-electron chi connectivity index (χ1n) is 7.58. The summed E-state index contributed by atoms with van der Waals surface area (Å²) < 4.78 is 0. The van der Waals surface area contributed by atoms with Gasteiger partial charge in [-0.25, -0.2) is 4.79 Å². The second-order valence-corrected chi connectivity index (χ2v) is 7.66. The number of carboxylic acid groups (broad SMARTS) is 1. The summed E-state index contributed by atoms with van der Waals surface area (Å²) in [5, 5.41) is 12.4. The molecule has 1 aliphatic rings. The van der Waals surface area contributed by atoms with Gasteiger partial charge in [-0.2, -0.15) is 11.8 Å². The van der Waals surface area contributed by atoms with E-state index in [4.69, 9.17) is 5.11 Å². The second-order valence-electron chi connectivity index (χ2n) is 6.58. The molecule has 0 bridgehead atoms. The first-order valence-corrected chi connectivity index (χ1v) is 8.87. The molecule has 1 aliphatic carbocycles. The van der Waals surface area contributed by atoms with Crippen LogP contribution in [0.3, 0.4) is 0 Å². The fourth-order valence-corrected chi connectivity index (χ4v) is 3.66. The second kappa shape index (κ2) is 7.92. The molecule has 21 heavy (non-hydrogen) atoms. The van der Waals surface area contributed by atoms with E-state index in [0.29, 0.717) is 5.25 Å². The van der Waals surface area contributed by atoms with Crippen molar-refractivity contribution in [1.82, 2.24) is 10.2 Å². The molecule has 0 aliphatic heterocycles. The maximum atomic E-state index is 12.5. The van der Waals surface area contributed by atoms with Crippen LogP contribution < -0.4 is 5.32 Å². The number of amides is 2. The first-order chi connectivity index (χ1) is 9.75. The maximum Gasteiger partial charge on any atom is 0.318 e. The van der Waals surface area contributed by atoms with Gasteiger partial charge in [-0.3, -0.25) is 4.79 Å². The SMILES string of the molecule is CSC1CCCCC1NC(=O)N(CCC(=O)O)C(C)(C)C. The summed E-state index contributed by atoms with van der Waals surface area (Å²) in [5.74, 6) is -0.878. The number of rotatable bonds is 5. The molecule has 1 fully saturated rings. The third-order valence-corrected chi connectivity index (χ3v) is 5.09. The zero-order valence-corrected chi connectivity index (χ0v) is 14.3. The molecule has 122 valence electrons. The minimum Gasteiger partial charge on any atom is -0.481 e. The van der Waals surface area contributed by atoms with E-state index in [1.54, 1.807) is 16.7 Å². The van der Waals surface area contributed by atoms with Crippen LogP contribution in [0.2, 0.25) is 0 Å². The topological polar surface area (TPSA) is 69.6 Å². The Bertz CT molecular complexity index is 368. The van der Waals surface area contributed by atoms with Crippen LogP contribution in [0.1, 0.15) is 52.9 Å². The Morgan fingerprint density at radius 1 is 1.29 bits per heavy atom. The van der Waals surface area contributed by atoms with Crippen LogP contribution in [0.15, 0.2) is 0 Å². The van der Waals surface area contributed by atoms with E-state index in [2.05, 4.69) is 11.6 Å². The predicted molar refractivity (Wildman–Crippen MR) is 86.8 cm³/mol. The monoisotopic (exact) mass is 316 g/mol. The Kier molecular flexibility index (Phi) is 6.84. The molecule has 2 unspecified atom stereocenters. The van der Waals surface area contributed by atoms with Gasteiger partial charge in [0.15, 0.2) is 0 Å². The summed E-state index contributed by atoms with van der Waals surface area (Å²) in [7, 11) is 0. The van der Waals surface area contributed by atoms with Crippen LogP contribution >= 0.6 is 11.8 Å². The Morgan fingerprint density at radius 3 is 2.43 bits per heavy atom. The molecular weight excluding hydrogens is 288 g/mol. The standard InChI is InChI=1S/C15H28N2O3S/c1-15(2,3)17(10-9-13(18)19)14(20)16-11-7-5-6-8-12(11)21-4/h11-12H,5-10H2,1-4H3,(H,16,20)(H,18,19). The zero-order chi connectivity index (χ0) is 16.0. The highest BCUT2D eigenvalue weighted by molar-refractivity contribution is 7.99. The molecule has 0 saturated heterocycles. The Labute approximate surface area is 131 Å². The molecule has 2 atom stereocenters. The molecule has 2 N–H and O–H groups in total. The van der Waals surface area contributed by atoms with Gasteiger partial charge in [0.2, 0.25) is 0 Å².